The normalized spacial score (nSPS) is 11.0. The zero-order valence-electron chi connectivity index (χ0n) is 13.9. The molecule has 0 saturated heterocycles. The molecule has 6 heteroatoms. The summed E-state index contributed by atoms with van der Waals surface area (Å²) in [5, 5.41) is 3.10. The molecule has 6 nitrogen and oxygen atoms in total. The summed E-state index contributed by atoms with van der Waals surface area (Å²) in [6, 6.07) is 12.9. The maximum absolute atomic E-state index is 12.5. The highest BCUT2D eigenvalue weighted by atomic mass is 16.5. The van der Waals surface area contributed by atoms with Gasteiger partial charge in [-0.1, -0.05) is 12.1 Å². The van der Waals surface area contributed by atoms with E-state index in [0.717, 1.165) is 28.1 Å². The molecular weight excluding hydrogens is 316 g/mol. The number of ether oxygens (including phenoxy) is 1. The van der Waals surface area contributed by atoms with Crippen molar-refractivity contribution >= 4 is 5.65 Å². The van der Waals surface area contributed by atoms with E-state index in [0.29, 0.717) is 11.3 Å². The third-order valence-electron chi connectivity index (χ3n) is 4.15. The third-order valence-corrected chi connectivity index (χ3v) is 4.15. The minimum atomic E-state index is -0.153. The fourth-order valence-corrected chi connectivity index (χ4v) is 2.92. The van der Waals surface area contributed by atoms with E-state index in [4.69, 9.17) is 9.72 Å². The molecule has 0 radical (unpaired) electrons. The molecule has 25 heavy (non-hydrogen) atoms. The Morgan fingerprint density at radius 2 is 1.76 bits per heavy atom. The second-order valence-electron chi connectivity index (χ2n) is 5.71. The lowest BCUT2D eigenvalue weighted by molar-refractivity contribution is 0.415. The van der Waals surface area contributed by atoms with Crippen molar-refractivity contribution in [2.45, 2.75) is 6.92 Å². The number of nitrogens with zero attached hydrogens (tertiary/aromatic N) is 3. The van der Waals surface area contributed by atoms with Gasteiger partial charge in [-0.3, -0.25) is 14.9 Å². The van der Waals surface area contributed by atoms with Gasteiger partial charge in [0.15, 0.2) is 5.65 Å². The Morgan fingerprint density at radius 1 is 1.04 bits per heavy atom. The van der Waals surface area contributed by atoms with Crippen molar-refractivity contribution in [3.8, 4) is 28.1 Å². The van der Waals surface area contributed by atoms with E-state index in [1.54, 1.807) is 19.5 Å². The molecule has 0 fully saturated rings. The van der Waals surface area contributed by atoms with Crippen LogP contribution in [0.1, 0.15) is 5.69 Å². The molecular formula is C19H16N4O2. The number of benzene rings is 1. The van der Waals surface area contributed by atoms with Crippen LogP contribution < -0.4 is 10.3 Å². The summed E-state index contributed by atoms with van der Waals surface area (Å²) in [6.45, 7) is 1.93. The van der Waals surface area contributed by atoms with Crippen LogP contribution in [-0.2, 0) is 0 Å². The second kappa shape index (κ2) is 5.90. The highest BCUT2D eigenvalue weighted by Crippen LogP contribution is 2.29. The van der Waals surface area contributed by atoms with Crippen LogP contribution in [0.15, 0.2) is 59.7 Å². The quantitative estimate of drug-likeness (QED) is 0.626. The molecule has 4 rings (SSSR count). The van der Waals surface area contributed by atoms with Gasteiger partial charge in [0, 0.05) is 35.3 Å². The Balaban J connectivity index is 1.96. The Morgan fingerprint density at radius 3 is 2.44 bits per heavy atom. The van der Waals surface area contributed by atoms with Gasteiger partial charge in [-0.2, -0.15) is 0 Å². The first-order chi connectivity index (χ1) is 12.2. The topological polar surface area (TPSA) is 72.3 Å². The van der Waals surface area contributed by atoms with Crippen LogP contribution in [0, 0.1) is 6.92 Å². The lowest BCUT2D eigenvalue weighted by atomic mass is 10.1. The van der Waals surface area contributed by atoms with E-state index in [2.05, 4.69) is 10.1 Å². The summed E-state index contributed by atoms with van der Waals surface area (Å²) in [6.07, 6.45) is 3.37. The van der Waals surface area contributed by atoms with Crippen LogP contribution in [0.5, 0.6) is 5.75 Å². The first kappa shape index (κ1) is 15.1. The van der Waals surface area contributed by atoms with Crippen LogP contribution in [0.2, 0.25) is 0 Å². The average Bonchev–Trinajstić information content (AvgIpc) is 2.99. The molecule has 0 amide bonds. The van der Waals surface area contributed by atoms with Gasteiger partial charge in [0.2, 0.25) is 0 Å². The number of aromatic nitrogens is 4. The molecule has 0 aliphatic carbocycles. The van der Waals surface area contributed by atoms with E-state index in [1.165, 1.54) is 10.6 Å². The number of nitrogens with one attached hydrogen (secondary N) is 1. The zero-order valence-corrected chi connectivity index (χ0v) is 13.9. The summed E-state index contributed by atoms with van der Waals surface area (Å²) < 4.78 is 6.69. The molecule has 0 spiro atoms. The number of H-pyrrole nitrogens is 1. The molecule has 1 N–H and O–H groups in total. The Labute approximate surface area is 143 Å². The monoisotopic (exact) mass is 332 g/mol. The van der Waals surface area contributed by atoms with Crippen molar-refractivity contribution in [1.82, 2.24) is 19.6 Å². The molecule has 0 bridgehead atoms. The number of pyridine rings is 1. The first-order valence-electron chi connectivity index (χ1n) is 7.84. The lowest BCUT2D eigenvalue weighted by Gasteiger charge is -2.05. The van der Waals surface area contributed by atoms with E-state index < -0.39 is 0 Å². The minimum absolute atomic E-state index is 0.153. The van der Waals surface area contributed by atoms with Crippen LogP contribution >= 0.6 is 0 Å². The van der Waals surface area contributed by atoms with Gasteiger partial charge < -0.3 is 4.74 Å². The number of hydrogen-bond acceptors (Lipinski definition) is 4. The molecule has 0 aliphatic heterocycles. The van der Waals surface area contributed by atoms with E-state index >= 15 is 0 Å². The Hall–Kier alpha value is -3.41. The molecule has 0 aliphatic rings. The standard InChI is InChI=1S/C19H16N4O2/c1-12-18(14-3-5-15(25-2)6-4-14)19-21-16(11-17(24)23(19)22-12)13-7-9-20-10-8-13/h3-11,22H,1-2H3. The summed E-state index contributed by atoms with van der Waals surface area (Å²) in [5.74, 6) is 0.781. The molecule has 4 aromatic rings. The SMILES string of the molecule is COc1ccc(-c2c(C)[nH]n3c(=O)cc(-c4ccncc4)nc23)cc1. The summed E-state index contributed by atoms with van der Waals surface area (Å²) in [4.78, 5) is 21.3. The number of aromatic amines is 1. The van der Waals surface area contributed by atoms with Crippen LogP contribution in [0.25, 0.3) is 28.0 Å². The fourth-order valence-electron chi connectivity index (χ4n) is 2.92. The van der Waals surface area contributed by atoms with Crippen molar-refractivity contribution in [3.05, 3.63) is 70.9 Å². The summed E-state index contributed by atoms with van der Waals surface area (Å²) >= 11 is 0. The van der Waals surface area contributed by atoms with Crippen molar-refractivity contribution in [3.63, 3.8) is 0 Å². The largest absolute Gasteiger partial charge is 0.497 e. The van der Waals surface area contributed by atoms with Crippen LogP contribution in [-0.4, -0.2) is 26.7 Å². The highest BCUT2D eigenvalue weighted by molar-refractivity contribution is 5.81. The highest BCUT2D eigenvalue weighted by Gasteiger charge is 2.15. The van der Waals surface area contributed by atoms with Crippen molar-refractivity contribution in [2.24, 2.45) is 0 Å². The van der Waals surface area contributed by atoms with Gasteiger partial charge in [-0.25, -0.2) is 9.50 Å². The van der Waals surface area contributed by atoms with Gasteiger partial charge in [-0.05, 0) is 36.8 Å². The third kappa shape index (κ3) is 2.57. The molecule has 0 atom stereocenters. The Bertz CT molecular complexity index is 1100. The van der Waals surface area contributed by atoms with Crippen LogP contribution in [0.3, 0.4) is 0 Å². The minimum Gasteiger partial charge on any atom is -0.497 e. The zero-order chi connectivity index (χ0) is 17.4. The summed E-state index contributed by atoms with van der Waals surface area (Å²) in [5.41, 5.74) is 4.67. The van der Waals surface area contributed by atoms with E-state index in [9.17, 15) is 4.79 Å². The molecule has 0 saturated carbocycles. The number of fused-ring (bicyclic) bond motifs is 1. The van der Waals surface area contributed by atoms with Gasteiger partial charge in [0.25, 0.3) is 5.56 Å². The van der Waals surface area contributed by atoms with Crippen molar-refractivity contribution in [2.75, 3.05) is 7.11 Å². The van der Waals surface area contributed by atoms with Gasteiger partial charge in [0.05, 0.1) is 12.8 Å². The van der Waals surface area contributed by atoms with Crippen LogP contribution in [0.4, 0.5) is 0 Å². The number of methoxy groups -OCH3 is 1. The van der Waals surface area contributed by atoms with Gasteiger partial charge >= 0.3 is 0 Å². The lowest BCUT2D eigenvalue weighted by Crippen LogP contribution is -2.14. The summed E-state index contributed by atoms with van der Waals surface area (Å²) in [7, 11) is 1.63. The molecule has 3 aromatic heterocycles. The Kier molecular flexibility index (Phi) is 3.57. The van der Waals surface area contributed by atoms with Crippen molar-refractivity contribution in [1.29, 1.82) is 0 Å². The van der Waals surface area contributed by atoms with Gasteiger partial charge in [-0.15, -0.1) is 0 Å². The second-order valence-corrected chi connectivity index (χ2v) is 5.71. The maximum atomic E-state index is 12.5. The predicted molar refractivity (Wildman–Crippen MR) is 95.8 cm³/mol. The molecule has 124 valence electrons. The van der Waals surface area contributed by atoms with E-state index in [1.807, 2.05) is 43.3 Å². The van der Waals surface area contributed by atoms with Crippen molar-refractivity contribution < 1.29 is 4.74 Å². The number of hydrogen-bond donors (Lipinski definition) is 1. The fraction of sp³-hybridized carbons (Fsp3) is 0.105. The number of aryl methyl sites for hydroxylation is 1. The molecule has 1 aromatic carbocycles. The smallest absolute Gasteiger partial charge is 0.273 e. The van der Waals surface area contributed by atoms with Gasteiger partial charge in [0.1, 0.15) is 5.75 Å². The average molecular weight is 332 g/mol. The number of rotatable bonds is 3. The first-order valence-corrected chi connectivity index (χ1v) is 7.84. The molecule has 3 heterocycles. The molecule has 0 unspecified atom stereocenters. The predicted octanol–water partition coefficient (Wildman–Crippen LogP) is 3.07. The maximum Gasteiger partial charge on any atom is 0.273 e. The van der Waals surface area contributed by atoms with E-state index in [-0.39, 0.29) is 5.56 Å².